The van der Waals surface area contributed by atoms with E-state index in [1.165, 1.54) is 0 Å². The van der Waals surface area contributed by atoms with E-state index in [9.17, 15) is 5.11 Å². The highest BCUT2D eigenvalue weighted by Gasteiger charge is 2.09. The molecule has 0 unspecified atom stereocenters. The van der Waals surface area contributed by atoms with E-state index in [-0.39, 0.29) is 0 Å². The summed E-state index contributed by atoms with van der Waals surface area (Å²) in [6.07, 6.45) is -0.503. The lowest BCUT2D eigenvalue weighted by Crippen LogP contribution is -2.21. The van der Waals surface area contributed by atoms with E-state index < -0.39 is 6.10 Å². The molecule has 0 spiro atoms. The highest BCUT2D eigenvalue weighted by atomic mass is 79.9. The third-order valence-corrected chi connectivity index (χ3v) is 4.29. The van der Waals surface area contributed by atoms with Crippen LogP contribution in [0.5, 0.6) is 5.75 Å². The Morgan fingerprint density at radius 1 is 1.14 bits per heavy atom. The van der Waals surface area contributed by atoms with Crippen molar-refractivity contribution < 1.29 is 9.84 Å². The van der Waals surface area contributed by atoms with Crippen LogP contribution >= 0.6 is 31.9 Å². The first-order chi connectivity index (χ1) is 10.1. The van der Waals surface area contributed by atoms with Gasteiger partial charge >= 0.3 is 0 Å². The number of aliphatic hydroxyl groups excluding tert-OH is 1. The van der Waals surface area contributed by atoms with E-state index in [4.69, 9.17) is 4.74 Å². The molecule has 1 atom stereocenters. The fourth-order valence-corrected chi connectivity index (χ4v) is 3.66. The van der Waals surface area contributed by atoms with Gasteiger partial charge in [0.2, 0.25) is 0 Å². The molecule has 0 amide bonds. The quantitative estimate of drug-likeness (QED) is 0.749. The van der Waals surface area contributed by atoms with Crippen molar-refractivity contribution in [3.63, 3.8) is 0 Å². The third-order valence-electron chi connectivity index (χ3n) is 3.11. The first kappa shape index (κ1) is 16.5. The molecule has 0 fully saturated rings. The largest absolute Gasteiger partial charge is 0.494 e. The predicted octanol–water partition coefficient (Wildman–Crippen LogP) is 4.04. The molecule has 0 aliphatic heterocycles. The summed E-state index contributed by atoms with van der Waals surface area (Å²) in [7, 11) is 1.64. The van der Waals surface area contributed by atoms with Crippen LogP contribution in [0.25, 0.3) is 0 Å². The molecule has 2 aromatic rings. The Morgan fingerprint density at radius 3 is 2.33 bits per heavy atom. The molecule has 0 saturated carbocycles. The molecule has 0 saturated heterocycles. The zero-order valence-corrected chi connectivity index (χ0v) is 14.8. The van der Waals surface area contributed by atoms with Crippen LogP contribution in [0.15, 0.2) is 51.4 Å². The lowest BCUT2D eigenvalue weighted by Gasteiger charge is -2.13. The van der Waals surface area contributed by atoms with Crippen molar-refractivity contribution in [2.24, 2.45) is 0 Å². The van der Waals surface area contributed by atoms with E-state index >= 15 is 0 Å². The summed E-state index contributed by atoms with van der Waals surface area (Å²) in [5.74, 6) is 0.781. The molecule has 0 heterocycles. The Bertz CT molecular complexity index is 567. The second-order valence-corrected chi connectivity index (χ2v) is 6.36. The number of aliphatic hydroxyl groups is 1. The molecule has 0 aliphatic rings. The van der Waals surface area contributed by atoms with Gasteiger partial charge < -0.3 is 15.2 Å². The van der Waals surface area contributed by atoms with Crippen LogP contribution in [-0.2, 0) is 6.54 Å². The Balaban J connectivity index is 1.92. The van der Waals surface area contributed by atoms with Crippen LogP contribution in [-0.4, -0.2) is 18.8 Å². The van der Waals surface area contributed by atoms with E-state index in [2.05, 4.69) is 37.2 Å². The number of benzene rings is 2. The van der Waals surface area contributed by atoms with Gasteiger partial charge in [0.15, 0.2) is 0 Å². The van der Waals surface area contributed by atoms with E-state index in [0.717, 1.165) is 25.8 Å². The Labute approximate surface area is 141 Å². The molecule has 3 nitrogen and oxygen atoms in total. The molecule has 5 heteroatoms. The molecule has 2 aromatic carbocycles. The van der Waals surface area contributed by atoms with Gasteiger partial charge in [-0.1, -0.05) is 30.3 Å². The van der Waals surface area contributed by atoms with Crippen LogP contribution < -0.4 is 10.1 Å². The minimum absolute atomic E-state index is 0.503. The summed E-state index contributed by atoms with van der Waals surface area (Å²) < 4.78 is 7.08. The monoisotopic (exact) mass is 413 g/mol. The Morgan fingerprint density at radius 2 is 1.76 bits per heavy atom. The molecule has 21 heavy (non-hydrogen) atoms. The van der Waals surface area contributed by atoms with Gasteiger partial charge in [0, 0.05) is 13.1 Å². The Hall–Kier alpha value is -0.880. The first-order valence-corrected chi connectivity index (χ1v) is 8.16. The fourth-order valence-electron chi connectivity index (χ4n) is 2.06. The van der Waals surface area contributed by atoms with Crippen LogP contribution in [0.4, 0.5) is 0 Å². The van der Waals surface area contributed by atoms with Gasteiger partial charge in [0.25, 0.3) is 0 Å². The van der Waals surface area contributed by atoms with Crippen molar-refractivity contribution in [1.82, 2.24) is 5.32 Å². The third kappa shape index (κ3) is 4.54. The molecule has 0 radical (unpaired) electrons. The summed E-state index contributed by atoms with van der Waals surface area (Å²) in [6.45, 7) is 1.18. The summed E-state index contributed by atoms with van der Waals surface area (Å²) in [4.78, 5) is 0. The normalized spacial score (nSPS) is 12.2. The maximum Gasteiger partial charge on any atom is 0.147 e. The van der Waals surface area contributed by atoms with Crippen LogP contribution in [0.2, 0.25) is 0 Å². The van der Waals surface area contributed by atoms with Crippen molar-refractivity contribution in [2.75, 3.05) is 13.7 Å². The minimum Gasteiger partial charge on any atom is -0.494 e. The van der Waals surface area contributed by atoms with Gasteiger partial charge in [-0.3, -0.25) is 0 Å². The number of rotatable bonds is 6. The van der Waals surface area contributed by atoms with E-state index in [0.29, 0.717) is 13.1 Å². The van der Waals surface area contributed by atoms with Crippen LogP contribution in [0.1, 0.15) is 17.2 Å². The van der Waals surface area contributed by atoms with Gasteiger partial charge in [-0.05, 0) is 55.1 Å². The lowest BCUT2D eigenvalue weighted by molar-refractivity contribution is 0.174. The van der Waals surface area contributed by atoms with Gasteiger partial charge in [0.1, 0.15) is 5.75 Å². The average molecular weight is 415 g/mol. The van der Waals surface area contributed by atoms with Crippen molar-refractivity contribution in [2.45, 2.75) is 12.6 Å². The summed E-state index contributed by atoms with van der Waals surface area (Å²) in [5, 5.41) is 13.3. The second kappa shape index (κ2) is 7.94. The summed E-state index contributed by atoms with van der Waals surface area (Å²) >= 11 is 6.97. The molecule has 0 aliphatic carbocycles. The average Bonchev–Trinajstić information content (AvgIpc) is 2.48. The van der Waals surface area contributed by atoms with Gasteiger partial charge in [-0.15, -0.1) is 0 Å². The summed E-state index contributed by atoms with van der Waals surface area (Å²) in [6, 6.07) is 13.7. The van der Waals surface area contributed by atoms with E-state index in [1.54, 1.807) is 7.11 Å². The fraction of sp³-hybridized carbons (Fsp3) is 0.250. The molecule has 2 rings (SSSR count). The van der Waals surface area contributed by atoms with Crippen LogP contribution in [0, 0.1) is 0 Å². The number of hydrogen-bond acceptors (Lipinski definition) is 3. The standard InChI is InChI=1S/C16H17Br2NO2/c1-21-16-13(17)7-11(8-14(16)18)9-19-10-15(20)12-5-3-2-4-6-12/h2-8,15,19-20H,9-10H2,1H3/t15-/m1/s1. The second-order valence-electron chi connectivity index (χ2n) is 4.65. The Kier molecular flexibility index (Phi) is 6.23. The zero-order valence-electron chi connectivity index (χ0n) is 11.6. The molecule has 112 valence electrons. The summed E-state index contributed by atoms with van der Waals surface area (Å²) in [5.41, 5.74) is 2.02. The highest BCUT2D eigenvalue weighted by Crippen LogP contribution is 2.34. The molecule has 0 aromatic heterocycles. The smallest absolute Gasteiger partial charge is 0.147 e. The maximum atomic E-state index is 10.1. The van der Waals surface area contributed by atoms with E-state index in [1.807, 2.05) is 42.5 Å². The first-order valence-electron chi connectivity index (χ1n) is 6.57. The molecular weight excluding hydrogens is 398 g/mol. The van der Waals surface area contributed by atoms with Crippen molar-refractivity contribution >= 4 is 31.9 Å². The van der Waals surface area contributed by atoms with Crippen molar-refractivity contribution in [3.05, 3.63) is 62.5 Å². The molecular formula is C16H17Br2NO2. The van der Waals surface area contributed by atoms with Gasteiger partial charge in [-0.25, -0.2) is 0 Å². The predicted molar refractivity (Wildman–Crippen MR) is 91.5 cm³/mol. The molecule has 2 N–H and O–H groups in total. The SMILES string of the molecule is COc1c(Br)cc(CNC[C@@H](O)c2ccccc2)cc1Br. The number of ether oxygens (including phenoxy) is 1. The van der Waals surface area contributed by atoms with Crippen LogP contribution in [0.3, 0.4) is 0 Å². The zero-order chi connectivity index (χ0) is 15.2. The number of hydrogen-bond donors (Lipinski definition) is 2. The van der Waals surface area contributed by atoms with Crippen molar-refractivity contribution in [3.8, 4) is 5.75 Å². The number of nitrogens with one attached hydrogen (secondary N) is 1. The minimum atomic E-state index is -0.503. The van der Waals surface area contributed by atoms with Crippen molar-refractivity contribution in [1.29, 1.82) is 0 Å². The topological polar surface area (TPSA) is 41.5 Å². The number of methoxy groups -OCH3 is 1. The molecule has 0 bridgehead atoms. The van der Waals surface area contributed by atoms with Gasteiger partial charge in [-0.2, -0.15) is 0 Å². The maximum absolute atomic E-state index is 10.1. The number of halogens is 2. The highest BCUT2D eigenvalue weighted by molar-refractivity contribution is 9.11. The lowest BCUT2D eigenvalue weighted by atomic mass is 10.1. The van der Waals surface area contributed by atoms with Gasteiger partial charge in [0.05, 0.1) is 22.2 Å².